The van der Waals surface area contributed by atoms with Gasteiger partial charge in [0.05, 0.1) is 22.4 Å². The van der Waals surface area contributed by atoms with E-state index in [4.69, 9.17) is 11.6 Å². The molecule has 31 heavy (non-hydrogen) atoms. The number of carbonyl (C=O) groups excluding carboxylic acids is 1. The molecule has 0 atom stereocenters. The van der Waals surface area contributed by atoms with Gasteiger partial charge in [0.1, 0.15) is 11.5 Å². The summed E-state index contributed by atoms with van der Waals surface area (Å²) in [5, 5.41) is 18.8. The van der Waals surface area contributed by atoms with Gasteiger partial charge < -0.3 is 10.6 Å². The number of aromatic nitrogens is 7. The minimum absolute atomic E-state index is 0.303. The van der Waals surface area contributed by atoms with Crippen molar-refractivity contribution in [2.75, 3.05) is 10.6 Å². The van der Waals surface area contributed by atoms with Gasteiger partial charge in [-0.25, -0.2) is 4.98 Å². The molecule has 3 N–H and O–H groups in total. The summed E-state index contributed by atoms with van der Waals surface area (Å²) in [5.41, 5.74) is 2.70. The summed E-state index contributed by atoms with van der Waals surface area (Å²) in [5.74, 6) is 0.593. The zero-order valence-electron chi connectivity index (χ0n) is 16.0. The van der Waals surface area contributed by atoms with Crippen molar-refractivity contribution < 1.29 is 4.79 Å². The molecule has 0 spiro atoms. The number of nitrogens with one attached hydrogen (secondary N) is 3. The lowest BCUT2D eigenvalue weighted by Gasteiger charge is -2.06. The van der Waals surface area contributed by atoms with E-state index in [-0.39, 0.29) is 5.91 Å². The van der Waals surface area contributed by atoms with Gasteiger partial charge in [-0.3, -0.25) is 14.6 Å². The average Bonchev–Trinajstić information content (AvgIpc) is 3.51. The predicted molar refractivity (Wildman–Crippen MR) is 119 cm³/mol. The summed E-state index contributed by atoms with van der Waals surface area (Å²) in [6.45, 7) is 0. The molecule has 154 valence electrons. The number of pyridine rings is 1. The number of nitrogens with zero attached hydrogens (tertiary/aromatic N) is 6. The zero-order valence-corrected chi connectivity index (χ0v) is 17.6. The predicted octanol–water partition coefficient (Wildman–Crippen LogP) is 3.86. The van der Waals surface area contributed by atoms with E-state index in [1.807, 2.05) is 12.1 Å². The van der Waals surface area contributed by atoms with Crippen LogP contribution in [0.15, 0.2) is 48.9 Å². The molecule has 0 fully saturated rings. The Morgan fingerprint density at radius 1 is 1.23 bits per heavy atom. The van der Waals surface area contributed by atoms with Crippen molar-refractivity contribution in [1.29, 1.82) is 0 Å². The molecule has 0 aliphatic rings. The number of carbonyl (C=O) groups is 1. The van der Waals surface area contributed by atoms with Gasteiger partial charge in [-0.15, -0.1) is 0 Å². The van der Waals surface area contributed by atoms with E-state index in [9.17, 15) is 4.79 Å². The lowest BCUT2D eigenvalue weighted by molar-refractivity contribution is 0.101. The van der Waals surface area contributed by atoms with Crippen LogP contribution in [-0.4, -0.2) is 40.2 Å². The van der Waals surface area contributed by atoms with Gasteiger partial charge in [0.25, 0.3) is 5.91 Å². The monoisotopic (exact) mass is 451 g/mol. The average molecular weight is 452 g/mol. The lowest BCUT2D eigenvalue weighted by Crippen LogP contribution is -2.16. The fourth-order valence-electron chi connectivity index (χ4n) is 3.00. The first-order chi connectivity index (χ1) is 15.1. The van der Waals surface area contributed by atoms with Crippen LogP contribution in [0.1, 0.15) is 10.5 Å². The molecule has 0 saturated heterocycles. The number of benzene rings is 1. The Labute approximate surface area is 184 Å². The van der Waals surface area contributed by atoms with E-state index in [0.717, 1.165) is 16.5 Å². The third-order valence-electron chi connectivity index (χ3n) is 4.54. The minimum Gasteiger partial charge on any atom is -0.329 e. The van der Waals surface area contributed by atoms with Crippen LogP contribution in [0.5, 0.6) is 0 Å². The second-order valence-corrected chi connectivity index (χ2v) is 7.66. The number of amides is 1. The molecule has 5 rings (SSSR count). The largest absolute Gasteiger partial charge is 0.329 e. The highest BCUT2D eigenvalue weighted by Gasteiger charge is 2.14. The number of anilines is 3. The van der Waals surface area contributed by atoms with E-state index < -0.39 is 0 Å². The SMILES string of the molecule is Cn1nccc1C(=O)Nc1cc(-c2nsc(Nc3ccc4[nH]ncc4c3Cl)n2)ccn1. The van der Waals surface area contributed by atoms with Crippen LogP contribution in [0, 0.1) is 0 Å². The zero-order chi connectivity index (χ0) is 21.4. The number of rotatable bonds is 5. The van der Waals surface area contributed by atoms with Gasteiger partial charge in [0.2, 0.25) is 5.13 Å². The first-order valence-electron chi connectivity index (χ1n) is 9.06. The number of aryl methyl sites for hydroxylation is 1. The van der Waals surface area contributed by atoms with E-state index in [0.29, 0.717) is 33.2 Å². The van der Waals surface area contributed by atoms with E-state index in [2.05, 4.69) is 40.3 Å². The van der Waals surface area contributed by atoms with Crippen LogP contribution in [-0.2, 0) is 7.05 Å². The second kappa shape index (κ2) is 7.78. The molecule has 12 heteroatoms. The Morgan fingerprint density at radius 2 is 2.13 bits per heavy atom. The van der Waals surface area contributed by atoms with Gasteiger partial charge in [-0.2, -0.15) is 19.6 Å². The maximum atomic E-state index is 12.4. The number of hydrogen-bond acceptors (Lipinski definition) is 8. The highest BCUT2D eigenvalue weighted by Crippen LogP contribution is 2.33. The Bertz CT molecular complexity index is 1410. The number of halogens is 1. The van der Waals surface area contributed by atoms with E-state index in [1.54, 1.807) is 43.8 Å². The van der Waals surface area contributed by atoms with Crippen LogP contribution >= 0.6 is 23.1 Å². The minimum atomic E-state index is -0.303. The Morgan fingerprint density at radius 3 is 2.97 bits per heavy atom. The molecular formula is C19H14ClN9OS. The molecule has 10 nitrogen and oxygen atoms in total. The second-order valence-electron chi connectivity index (χ2n) is 6.53. The van der Waals surface area contributed by atoms with Crippen molar-refractivity contribution >= 4 is 56.6 Å². The summed E-state index contributed by atoms with van der Waals surface area (Å²) in [6.07, 6.45) is 4.82. The summed E-state index contributed by atoms with van der Waals surface area (Å²) >= 11 is 7.66. The van der Waals surface area contributed by atoms with Crippen molar-refractivity contribution in [3.63, 3.8) is 0 Å². The topological polar surface area (TPSA) is 126 Å². The molecule has 0 aliphatic heterocycles. The maximum Gasteiger partial charge on any atom is 0.275 e. The van der Waals surface area contributed by atoms with Crippen LogP contribution in [0.25, 0.3) is 22.3 Å². The normalized spacial score (nSPS) is 11.0. The quantitative estimate of drug-likeness (QED) is 0.370. The summed E-state index contributed by atoms with van der Waals surface area (Å²) in [4.78, 5) is 21.1. The Hall–Kier alpha value is -3.83. The summed E-state index contributed by atoms with van der Waals surface area (Å²) in [6, 6.07) is 8.85. The van der Waals surface area contributed by atoms with Gasteiger partial charge in [-0.05, 0) is 30.3 Å². The van der Waals surface area contributed by atoms with Crippen molar-refractivity contribution in [2.24, 2.45) is 7.05 Å². The Balaban J connectivity index is 1.36. The molecule has 0 saturated carbocycles. The van der Waals surface area contributed by atoms with Crippen molar-refractivity contribution in [2.45, 2.75) is 0 Å². The number of fused-ring (bicyclic) bond motifs is 1. The first-order valence-corrected chi connectivity index (χ1v) is 10.2. The molecule has 0 unspecified atom stereocenters. The molecule has 1 amide bonds. The van der Waals surface area contributed by atoms with Crippen molar-refractivity contribution in [3.05, 3.63) is 59.6 Å². The van der Waals surface area contributed by atoms with Gasteiger partial charge in [0, 0.05) is 41.9 Å². The molecule has 0 radical (unpaired) electrons. The smallest absolute Gasteiger partial charge is 0.275 e. The fraction of sp³-hybridized carbons (Fsp3) is 0.0526. The molecule has 0 bridgehead atoms. The standard InChI is InChI=1S/C19H14ClN9OS/c1-29-14(5-7-23-29)18(30)25-15-8-10(4-6-21-15)17-26-19(31-28-17)24-13-3-2-12-11(16(13)20)9-22-27-12/h2-9H,1H3,(H,22,27)(H,21,25,30)(H,24,26,28). The molecule has 5 aromatic rings. The first kappa shape index (κ1) is 19.2. The van der Waals surface area contributed by atoms with Gasteiger partial charge >= 0.3 is 0 Å². The van der Waals surface area contributed by atoms with Crippen LogP contribution in [0.2, 0.25) is 5.02 Å². The number of hydrogen-bond donors (Lipinski definition) is 3. The molecule has 4 aromatic heterocycles. The molecule has 4 heterocycles. The van der Waals surface area contributed by atoms with Gasteiger partial charge in [-0.1, -0.05) is 11.6 Å². The Kier molecular flexibility index (Phi) is 4.81. The highest BCUT2D eigenvalue weighted by molar-refractivity contribution is 7.10. The van der Waals surface area contributed by atoms with Crippen molar-refractivity contribution in [3.8, 4) is 11.4 Å². The van der Waals surface area contributed by atoms with Crippen LogP contribution < -0.4 is 10.6 Å². The van der Waals surface area contributed by atoms with E-state index in [1.165, 1.54) is 16.2 Å². The number of aromatic amines is 1. The van der Waals surface area contributed by atoms with Crippen LogP contribution in [0.3, 0.4) is 0 Å². The fourth-order valence-corrected chi connectivity index (χ4v) is 3.86. The highest BCUT2D eigenvalue weighted by atomic mass is 35.5. The molecule has 1 aromatic carbocycles. The van der Waals surface area contributed by atoms with E-state index >= 15 is 0 Å². The van der Waals surface area contributed by atoms with Crippen LogP contribution in [0.4, 0.5) is 16.6 Å². The summed E-state index contributed by atoms with van der Waals surface area (Å²) in [7, 11) is 1.70. The number of H-pyrrole nitrogens is 1. The van der Waals surface area contributed by atoms with Gasteiger partial charge in [0.15, 0.2) is 5.82 Å². The van der Waals surface area contributed by atoms with Crippen molar-refractivity contribution in [1.82, 2.24) is 34.3 Å². The molecule has 0 aliphatic carbocycles. The lowest BCUT2D eigenvalue weighted by atomic mass is 10.2. The third kappa shape index (κ3) is 3.71. The third-order valence-corrected chi connectivity index (χ3v) is 5.58. The summed E-state index contributed by atoms with van der Waals surface area (Å²) < 4.78 is 5.89. The molecular weight excluding hydrogens is 438 g/mol. The maximum absolute atomic E-state index is 12.4.